The maximum atomic E-state index is 14.1. The molecule has 0 aliphatic heterocycles. The van der Waals surface area contributed by atoms with Gasteiger partial charge in [0, 0.05) is 42.3 Å². The maximum absolute atomic E-state index is 14.1. The van der Waals surface area contributed by atoms with Crippen molar-refractivity contribution in [3.8, 4) is 5.69 Å². The number of hydrogen-bond acceptors (Lipinski definition) is 4. The van der Waals surface area contributed by atoms with E-state index in [1.165, 1.54) is 10.6 Å². The van der Waals surface area contributed by atoms with Crippen molar-refractivity contribution in [3.05, 3.63) is 77.2 Å². The predicted octanol–water partition coefficient (Wildman–Crippen LogP) is 4.51. The molecular formula is C22H22FN5O. The monoisotopic (exact) mass is 391 g/mol. The average molecular weight is 391 g/mol. The van der Waals surface area contributed by atoms with Crippen molar-refractivity contribution in [2.75, 3.05) is 5.32 Å². The van der Waals surface area contributed by atoms with Crippen LogP contribution in [0.5, 0.6) is 0 Å². The fourth-order valence-electron chi connectivity index (χ4n) is 3.18. The summed E-state index contributed by atoms with van der Waals surface area (Å²) >= 11 is 0. The number of rotatable bonds is 6. The molecule has 0 amide bonds. The second kappa shape index (κ2) is 7.87. The number of halogens is 1. The number of hydrogen-bond donors (Lipinski definition) is 1. The molecule has 1 N–H and O–H groups in total. The Hall–Kier alpha value is -3.48. The highest BCUT2D eigenvalue weighted by Gasteiger charge is 2.11. The first-order chi connectivity index (χ1) is 14.0. The van der Waals surface area contributed by atoms with E-state index < -0.39 is 11.4 Å². The summed E-state index contributed by atoms with van der Waals surface area (Å²) in [4.78, 5) is 16.7. The van der Waals surface area contributed by atoms with Gasteiger partial charge in [-0.1, -0.05) is 13.8 Å². The van der Waals surface area contributed by atoms with Gasteiger partial charge in [-0.2, -0.15) is 5.10 Å². The van der Waals surface area contributed by atoms with Crippen molar-refractivity contribution < 1.29 is 4.39 Å². The Kier molecular flexibility index (Phi) is 5.12. The molecule has 0 radical (unpaired) electrons. The summed E-state index contributed by atoms with van der Waals surface area (Å²) in [7, 11) is 0. The molecule has 0 bridgehead atoms. The number of nitrogens with zero attached hydrogens (tertiary/aromatic N) is 4. The van der Waals surface area contributed by atoms with Gasteiger partial charge in [-0.3, -0.25) is 4.79 Å². The Balaban J connectivity index is 1.65. The summed E-state index contributed by atoms with van der Waals surface area (Å²) in [5.41, 5.74) is 1.87. The highest BCUT2D eigenvalue weighted by molar-refractivity contribution is 5.81. The molecule has 0 atom stereocenters. The number of fused-ring (bicyclic) bond motifs is 1. The SMILES string of the molecule is CC(C)CCn1c(=O)c(F)cc2cnc(Nc3ccc(-n4cccn4)cc3)cc21. The lowest BCUT2D eigenvalue weighted by molar-refractivity contribution is 0.501. The molecule has 4 aromatic rings. The van der Waals surface area contributed by atoms with E-state index in [0.717, 1.165) is 17.8 Å². The van der Waals surface area contributed by atoms with E-state index in [0.29, 0.717) is 29.2 Å². The van der Waals surface area contributed by atoms with Gasteiger partial charge in [-0.05, 0) is 48.7 Å². The van der Waals surface area contributed by atoms with E-state index in [1.807, 2.05) is 36.5 Å². The van der Waals surface area contributed by atoms with E-state index >= 15 is 0 Å². The number of benzene rings is 1. The van der Waals surface area contributed by atoms with Gasteiger partial charge in [0.25, 0.3) is 5.56 Å². The third-order valence-electron chi connectivity index (χ3n) is 4.77. The maximum Gasteiger partial charge on any atom is 0.287 e. The molecule has 7 heteroatoms. The molecule has 4 rings (SSSR count). The molecule has 0 saturated carbocycles. The summed E-state index contributed by atoms with van der Waals surface area (Å²) in [6.45, 7) is 4.62. The van der Waals surface area contributed by atoms with Gasteiger partial charge in [-0.25, -0.2) is 14.1 Å². The van der Waals surface area contributed by atoms with Crippen molar-refractivity contribution in [2.45, 2.75) is 26.8 Å². The Morgan fingerprint density at radius 3 is 2.66 bits per heavy atom. The normalized spacial score (nSPS) is 11.3. The smallest absolute Gasteiger partial charge is 0.287 e. The standard InChI is InChI=1S/C22H22FN5O/c1-15(2)8-11-27-20-13-21(24-14-16(20)12-19(23)22(27)29)26-17-4-6-18(7-5-17)28-10-3-9-25-28/h3-7,9-10,12-15H,8,11H2,1-2H3,(H,24,26). The highest BCUT2D eigenvalue weighted by atomic mass is 19.1. The van der Waals surface area contributed by atoms with Crippen LogP contribution in [0.1, 0.15) is 20.3 Å². The van der Waals surface area contributed by atoms with Crippen molar-refractivity contribution in [2.24, 2.45) is 5.92 Å². The van der Waals surface area contributed by atoms with Gasteiger partial charge in [-0.15, -0.1) is 0 Å². The zero-order chi connectivity index (χ0) is 20.4. The first kappa shape index (κ1) is 18.9. The van der Waals surface area contributed by atoms with Crippen LogP contribution in [0.4, 0.5) is 15.9 Å². The van der Waals surface area contributed by atoms with Crippen LogP contribution in [0, 0.1) is 11.7 Å². The second-order valence-electron chi connectivity index (χ2n) is 7.38. The highest BCUT2D eigenvalue weighted by Crippen LogP contribution is 2.21. The molecule has 0 aliphatic carbocycles. The predicted molar refractivity (Wildman–Crippen MR) is 112 cm³/mol. The molecule has 0 fully saturated rings. The zero-order valence-corrected chi connectivity index (χ0v) is 16.3. The zero-order valence-electron chi connectivity index (χ0n) is 16.3. The quantitative estimate of drug-likeness (QED) is 0.525. The topological polar surface area (TPSA) is 64.7 Å². The summed E-state index contributed by atoms with van der Waals surface area (Å²) in [6, 6.07) is 12.7. The number of aryl methyl sites for hydroxylation is 1. The number of anilines is 2. The molecule has 148 valence electrons. The van der Waals surface area contributed by atoms with Gasteiger partial charge in [0.2, 0.25) is 0 Å². The molecule has 0 saturated heterocycles. The van der Waals surface area contributed by atoms with Crippen LogP contribution in [-0.2, 0) is 6.54 Å². The molecule has 6 nitrogen and oxygen atoms in total. The summed E-state index contributed by atoms with van der Waals surface area (Å²) in [6.07, 6.45) is 5.98. The van der Waals surface area contributed by atoms with Crippen molar-refractivity contribution in [3.63, 3.8) is 0 Å². The molecular weight excluding hydrogens is 369 g/mol. The fourth-order valence-corrected chi connectivity index (χ4v) is 3.18. The summed E-state index contributed by atoms with van der Waals surface area (Å²) in [5.74, 6) is 0.250. The van der Waals surface area contributed by atoms with Crippen molar-refractivity contribution in [1.82, 2.24) is 19.3 Å². The lowest BCUT2D eigenvalue weighted by atomic mass is 10.1. The van der Waals surface area contributed by atoms with E-state index in [1.54, 1.807) is 23.1 Å². The molecule has 3 aromatic heterocycles. The molecule has 0 aliphatic rings. The molecule has 3 heterocycles. The Labute approximate surface area is 167 Å². The van der Waals surface area contributed by atoms with Gasteiger partial charge in [0.1, 0.15) is 5.82 Å². The van der Waals surface area contributed by atoms with Crippen molar-refractivity contribution in [1.29, 1.82) is 0 Å². The minimum Gasteiger partial charge on any atom is -0.340 e. The van der Waals surface area contributed by atoms with Gasteiger partial charge < -0.3 is 9.88 Å². The number of pyridine rings is 2. The first-order valence-corrected chi connectivity index (χ1v) is 9.57. The molecule has 0 unspecified atom stereocenters. The average Bonchev–Trinajstić information content (AvgIpc) is 3.24. The largest absolute Gasteiger partial charge is 0.340 e. The molecule has 29 heavy (non-hydrogen) atoms. The van der Waals surface area contributed by atoms with E-state index in [4.69, 9.17) is 0 Å². The molecule has 1 aromatic carbocycles. The Morgan fingerprint density at radius 1 is 1.17 bits per heavy atom. The van der Waals surface area contributed by atoms with Crippen LogP contribution in [0.25, 0.3) is 16.6 Å². The number of nitrogens with one attached hydrogen (secondary N) is 1. The third kappa shape index (κ3) is 4.03. The lowest BCUT2D eigenvalue weighted by Gasteiger charge is -2.13. The van der Waals surface area contributed by atoms with Crippen molar-refractivity contribution >= 4 is 22.4 Å². The minimum atomic E-state index is -0.752. The van der Waals surface area contributed by atoms with E-state index in [-0.39, 0.29) is 0 Å². The minimum absolute atomic E-state index is 0.410. The Bertz CT molecular complexity index is 1180. The van der Waals surface area contributed by atoms with Crippen LogP contribution in [-0.4, -0.2) is 19.3 Å². The van der Waals surface area contributed by atoms with E-state index in [9.17, 15) is 9.18 Å². The lowest BCUT2D eigenvalue weighted by Crippen LogP contribution is -2.24. The van der Waals surface area contributed by atoms with Gasteiger partial charge >= 0.3 is 0 Å². The summed E-state index contributed by atoms with van der Waals surface area (Å²) < 4.78 is 17.3. The first-order valence-electron chi connectivity index (χ1n) is 9.57. The van der Waals surface area contributed by atoms with Gasteiger partial charge in [0.05, 0.1) is 11.2 Å². The van der Waals surface area contributed by atoms with Crippen LogP contribution in [0.3, 0.4) is 0 Å². The second-order valence-corrected chi connectivity index (χ2v) is 7.38. The van der Waals surface area contributed by atoms with Crippen LogP contribution in [0.2, 0.25) is 0 Å². The third-order valence-corrected chi connectivity index (χ3v) is 4.77. The Morgan fingerprint density at radius 2 is 1.97 bits per heavy atom. The van der Waals surface area contributed by atoms with Crippen LogP contribution >= 0.6 is 0 Å². The summed E-state index contributed by atoms with van der Waals surface area (Å²) in [5, 5.41) is 8.06. The molecule has 0 spiro atoms. The van der Waals surface area contributed by atoms with Crippen LogP contribution < -0.4 is 10.9 Å². The number of aromatic nitrogens is 4. The van der Waals surface area contributed by atoms with Gasteiger partial charge in [0.15, 0.2) is 5.82 Å². The van der Waals surface area contributed by atoms with E-state index in [2.05, 4.69) is 29.2 Å². The fraction of sp³-hybridized carbons (Fsp3) is 0.227. The van der Waals surface area contributed by atoms with Crippen LogP contribution in [0.15, 0.2) is 65.8 Å².